The number of carbonyl (C=O) groups is 1. The fourth-order valence-electron chi connectivity index (χ4n) is 2.29. The number of aryl methyl sites for hydroxylation is 1. The molecule has 5 nitrogen and oxygen atoms in total. The Hall–Kier alpha value is -2.34. The van der Waals surface area contributed by atoms with Crippen molar-refractivity contribution in [2.24, 2.45) is 0 Å². The van der Waals surface area contributed by atoms with Crippen LogP contribution >= 0.6 is 0 Å². The van der Waals surface area contributed by atoms with Gasteiger partial charge in [0.1, 0.15) is 0 Å². The second-order valence-electron chi connectivity index (χ2n) is 5.79. The molecule has 0 unspecified atom stereocenters. The van der Waals surface area contributed by atoms with Crippen molar-refractivity contribution in [3.63, 3.8) is 0 Å². The maximum atomic E-state index is 12.4. The lowest BCUT2D eigenvalue weighted by atomic mass is 10.2. The van der Waals surface area contributed by atoms with Crippen LogP contribution in [0.4, 0.5) is 5.69 Å². The molecule has 1 amide bonds. The second kappa shape index (κ2) is 8.67. The molecule has 0 aromatic heterocycles. The Kier molecular flexibility index (Phi) is 6.58. The summed E-state index contributed by atoms with van der Waals surface area (Å²) in [7, 11) is -3.68. The molecule has 2 aromatic rings. The van der Waals surface area contributed by atoms with Gasteiger partial charge in [0, 0.05) is 17.8 Å². The lowest BCUT2D eigenvalue weighted by Crippen LogP contribution is -2.24. The van der Waals surface area contributed by atoms with Crippen LogP contribution in [0.15, 0.2) is 53.4 Å². The zero-order valence-electron chi connectivity index (χ0n) is 14.6. The van der Waals surface area contributed by atoms with Crippen molar-refractivity contribution in [2.45, 2.75) is 38.0 Å². The molecule has 134 valence electrons. The number of carbonyl (C=O) groups excluding carboxylic acids is 1. The number of rotatable bonds is 8. The second-order valence-corrected chi connectivity index (χ2v) is 7.47. The average Bonchev–Trinajstić information content (AvgIpc) is 2.62. The Labute approximate surface area is 149 Å². The van der Waals surface area contributed by atoms with Crippen molar-refractivity contribution in [3.8, 4) is 0 Å². The van der Waals surface area contributed by atoms with Crippen molar-refractivity contribution in [3.05, 3.63) is 59.7 Å². The molecule has 0 bridgehead atoms. The fraction of sp³-hybridized carbons (Fsp3) is 0.316. The first-order valence-corrected chi connectivity index (χ1v) is 9.94. The molecule has 0 saturated heterocycles. The van der Waals surface area contributed by atoms with Gasteiger partial charge >= 0.3 is 0 Å². The third-order valence-electron chi connectivity index (χ3n) is 3.86. The van der Waals surface area contributed by atoms with Gasteiger partial charge in [0.25, 0.3) is 15.9 Å². The predicted molar refractivity (Wildman–Crippen MR) is 100 cm³/mol. The van der Waals surface area contributed by atoms with E-state index in [0.29, 0.717) is 17.8 Å². The molecule has 2 rings (SSSR count). The van der Waals surface area contributed by atoms with Crippen molar-refractivity contribution in [2.75, 3.05) is 11.3 Å². The molecular weight excluding hydrogens is 336 g/mol. The van der Waals surface area contributed by atoms with Crippen molar-refractivity contribution >= 4 is 21.6 Å². The van der Waals surface area contributed by atoms with Crippen molar-refractivity contribution in [1.82, 2.24) is 5.32 Å². The minimum Gasteiger partial charge on any atom is -0.352 e. The van der Waals surface area contributed by atoms with E-state index in [4.69, 9.17) is 0 Å². The standard InChI is InChI=1S/C19H24N2O3S/c1-3-5-14-20-19(22)16-8-12-18(13-9-16)25(23,24)21-17-10-6-15(4-2)7-11-17/h6-13,21H,3-5,14H2,1-2H3,(H,20,22). The number of hydrogen-bond donors (Lipinski definition) is 2. The molecule has 0 heterocycles. The first-order valence-electron chi connectivity index (χ1n) is 8.46. The summed E-state index contributed by atoms with van der Waals surface area (Å²) >= 11 is 0. The molecule has 0 spiro atoms. The Morgan fingerprint density at radius 2 is 1.60 bits per heavy atom. The molecule has 0 aliphatic rings. The Bertz CT molecular complexity index is 798. The Morgan fingerprint density at radius 3 is 2.16 bits per heavy atom. The van der Waals surface area contributed by atoms with Gasteiger partial charge in [-0.2, -0.15) is 0 Å². The Morgan fingerprint density at radius 1 is 0.960 bits per heavy atom. The molecule has 25 heavy (non-hydrogen) atoms. The highest BCUT2D eigenvalue weighted by atomic mass is 32.2. The van der Waals surface area contributed by atoms with E-state index in [2.05, 4.69) is 17.0 Å². The minimum absolute atomic E-state index is 0.122. The van der Waals surface area contributed by atoms with E-state index in [-0.39, 0.29) is 10.8 Å². The van der Waals surface area contributed by atoms with Crippen LogP contribution in [0.1, 0.15) is 42.6 Å². The SMILES string of the molecule is CCCCNC(=O)c1ccc(S(=O)(=O)Nc2ccc(CC)cc2)cc1. The van der Waals surface area contributed by atoms with Crippen molar-refractivity contribution in [1.29, 1.82) is 0 Å². The van der Waals surface area contributed by atoms with E-state index in [9.17, 15) is 13.2 Å². The molecule has 0 saturated carbocycles. The van der Waals surface area contributed by atoms with Crippen LogP contribution in [0.3, 0.4) is 0 Å². The van der Waals surface area contributed by atoms with Crippen LogP contribution in [-0.2, 0) is 16.4 Å². The first kappa shape index (κ1) is 19.0. The van der Waals surface area contributed by atoms with Crippen LogP contribution < -0.4 is 10.0 Å². The van der Waals surface area contributed by atoms with Crippen LogP contribution in [0.5, 0.6) is 0 Å². The van der Waals surface area contributed by atoms with Gasteiger partial charge < -0.3 is 5.32 Å². The summed E-state index contributed by atoms with van der Waals surface area (Å²) in [5, 5.41) is 2.80. The summed E-state index contributed by atoms with van der Waals surface area (Å²) in [6.45, 7) is 4.71. The zero-order chi connectivity index (χ0) is 18.3. The smallest absolute Gasteiger partial charge is 0.261 e. The minimum atomic E-state index is -3.68. The highest BCUT2D eigenvalue weighted by Gasteiger charge is 2.15. The van der Waals surface area contributed by atoms with Crippen LogP contribution in [0, 0.1) is 0 Å². The quantitative estimate of drug-likeness (QED) is 0.707. The van der Waals surface area contributed by atoms with Crippen LogP contribution in [0.2, 0.25) is 0 Å². The lowest BCUT2D eigenvalue weighted by molar-refractivity contribution is 0.0953. The van der Waals surface area contributed by atoms with Gasteiger partial charge in [-0.25, -0.2) is 8.42 Å². The highest BCUT2D eigenvalue weighted by Crippen LogP contribution is 2.17. The van der Waals surface area contributed by atoms with E-state index in [1.807, 2.05) is 19.1 Å². The zero-order valence-corrected chi connectivity index (χ0v) is 15.4. The molecule has 0 aliphatic carbocycles. The number of sulfonamides is 1. The summed E-state index contributed by atoms with van der Waals surface area (Å²) in [6, 6.07) is 13.2. The molecule has 2 N–H and O–H groups in total. The van der Waals surface area contributed by atoms with E-state index >= 15 is 0 Å². The summed E-state index contributed by atoms with van der Waals surface area (Å²) in [5.74, 6) is -0.194. The summed E-state index contributed by atoms with van der Waals surface area (Å²) < 4.78 is 27.4. The van der Waals surface area contributed by atoms with E-state index < -0.39 is 10.0 Å². The average molecular weight is 360 g/mol. The van der Waals surface area contributed by atoms with E-state index in [1.54, 1.807) is 12.1 Å². The third-order valence-corrected chi connectivity index (χ3v) is 5.25. The Balaban J connectivity index is 2.07. The highest BCUT2D eigenvalue weighted by molar-refractivity contribution is 7.92. The van der Waals surface area contributed by atoms with Gasteiger partial charge in [-0.05, 0) is 54.8 Å². The monoisotopic (exact) mass is 360 g/mol. The molecule has 0 atom stereocenters. The first-order chi connectivity index (χ1) is 12.0. The number of amides is 1. The number of unbranched alkanes of at least 4 members (excludes halogenated alkanes) is 1. The molecular formula is C19H24N2O3S. The molecule has 0 radical (unpaired) electrons. The van der Waals surface area contributed by atoms with Gasteiger partial charge in [-0.3, -0.25) is 9.52 Å². The third kappa shape index (κ3) is 5.32. The summed E-state index contributed by atoms with van der Waals surface area (Å²) in [5.41, 5.74) is 2.10. The maximum absolute atomic E-state index is 12.4. The van der Waals surface area contributed by atoms with Crippen LogP contribution in [-0.4, -0.2) is 20.9 Å². The van der Waals surface area contributed by atoms with Gasteiger partial charge in [0.05, 0.1) is 4.90 Å². The maximum Gasteiger partial charge on any atom is 0.261 e. The van der Waals surface area contributed by atoms with Gasteiger partial charge in [-0.15, -0.1) is 0 Å². The number of nitrogens with one attached hydrogen (secondary N) is 2. The van der Waals surface area contributed by atoms with E-state index in [0.717, 1.165) is 24.8 Å². The number of anilines is 1. The van der Waals surface area contributed by atoms with Gasteiger partial charge in [0.2, 0.25) is 0 Å². The molecule has 2 aromatic carbocycles. The number of hydrogen-bond acceptors (Lipinski definition) is 3. The van der Waals surface area contributed by atoms with E-state index in [1.165, 1.54) is 24.3 Å². The topological polar surface area (TPSA) is 75.3 Å². The van der Waals surface area contributed by atoms with Gasteiger partial charge in [-0.1, -0.05) is 32.4 Å². The largest absolute Gasteiger partial charge is 0.352 e. The number of benzene rings is 2. The lowest BCUT2D eigenvalue weighted by Gasteiger charge is -2.09. The summed E-state index contributed by atoms with van der Waals surface area (Å²) in [4.78, 5) is 12.1. The molecule has 0 aliphatic heterocycles. The normalized spacial score (nSPS) is 11.1. The van der Waals surface area contributed by atoms with Gasteiger partial charge in [0.15, 0.2) is 0 Å². The summed E-state index contributed by atoms with van der Waals surface area (Å²) in [6.07, 6.45) is 2.82. The molecule has 0 fully saturated rings. The molecule has 6 heteroatoms. The van der Waals surface area contributed by atoms with Crippen LogP contribution in [0.25, 0.3) is 0 Å². The predicted octanol–water partition coefficient (Wildman–Crippen LogP) is 3.58. The fourth-order valence-corrected chi connectivity index (χ4v) is 3.35. The van der Waals surface area contributed by atoms with Crippen molar-refractivity contribution < 1.29 is 13.2 Å².